The Morgan fingerprint density at radius 3 is 2.04 bits per heavy atom. The Morgan fingerprint density at radius 1 is 1.11 bits per heavy atom. The highest BCUT2D eigenvalue weighted by Crippen LogP contribution is 2.53. The summed E-state index contributed by atoms with van der Waals surface area (Å²) in [5.74, 6) is -2.30. The summed E-state index contributed by atoms with van der Waals surface area (Å²) in [7, 11) is 3.06. The second kappa shape index (κ2) is 9.21. The molecule has 0 saturated carbocycles. The number of carboxylic acid groups (broad SMARTS) is 2. The first-order valence-electron chi connectivity index (χ1n) is 8.62. The van der Waals surface area contributed by atoms with E-state index >= 15 is 0 Å². The fraction of sp³-hybridized carbons (Fsp3) is 0.474. The van der Waals surface area contributed by atoms with Crippen LogP contribution in [-0.2, 0) is 24.5 Å². The van der Waals surface area contributed by atoms with E-state index < -0.39 is 17.4 Å². The zero-order valence-corrected chi connectivity index (χ0v) is 18.6. The molecular formula is C19H24BrNO6S. The van der Waals surface area contributed by atoms with Crippen molar-refractivity contribution in [1.29, 1.82) is 0 Å². The van der Waals surface area contributed by atoms with Gasteiger partial charge in [0.25, 0.3) is 0 Å². The fourth-order valence-corrected chi connectivity index (χ4v) is 5.85. The summed E-state index contributed by atoms with van der Waals surface area (Å²) in [6.45, 7) is 4.32. The first-order valence-corrected chi connectivity index (χ1v) is 10.3. The van der Waals surface area contributed by atoms with Crippen LogP contribution in [0.4, 0.5) is 0 Å². The number of aliphatic carboxylic acids is 2. The molecule has 9 heteroatoms. The Balaban J connectivity index is 2.91. The lowest BCUT2D eigenvalue weighted by Gasteiger charge is -2.44. The molecule has 0 spiro atoms. The van der Waals surface area contributed by atoms with Crippen LogP contribution in [-0.4, -0.2) is 61.0 Å². The van der Waals surface area contributed by atoms with Crippen molar-refractivity contribution in [2.24, 2.45) is 0 Å². The Hall–Kier alpha value is -1.68. The molecule has 7 nitrogen and oxygen atoms in total. The van der Waals surface area contributed by atoms with Crippen LogP contribution in [0.1, 0.15) is 25.1 Å². The van der Waals surface area contributed by atoms with Crippen LogP contribution >= 0.6 is 27.3 Å². The normalized spacial score (nSPS) is 16.7. The van der Waals surface area contributed by atoms with Crippen LogP contribution in [0, 0.1) is 0 Å². The first kappa shape index (κ1) is 22.6. The summed E-state index contributed by atoms with van der Waals surface area (Å²) >= 11 is 4.81. The number of rotatable bonds is 9. The Labute approximate surface area is 176 Å². The first-order chi connectivity index (χ1) is 13.2. The van der Waals surface area contributed by atoms with Crippen molar-refractivity contribution in [3.8, 4) is 0 Å². The fourth-order valence-electron chi connectivity index (χ4n) is 3.90. The van der Waals surface area contributed by atoms with Crippen molar-refractivity contribution >= 4 is 39.2 Å². The van der Waals surface area contributed by atoms with Crippen LogP contribution in [0.15, 0.2) is 38.5 Å². The Morgan fingerprint density at radius 2 is 1.64 bits per heavy atom. The molecule has 2 N–H and O–H groups in total. The van der Waals surface area contributed by atoms with Crippen LogP contribution < -0.4 is 0 Å². The molecule has 1 aromatic heterocycles. The van der Waals surface area contributed by atoms with Crippen molar-refractivity contribution in [3.63, 3.8) is 0 Å². The summed E-state index contributed by atoms with van der Waals surface area (Å²) in [5, 5.41) is 22.2. The summed E-state index contributed by atoms with van der Waals surface area (Å²) in [6.07, 6.45) is 0.193. The van der Waals surface area contributed by atoms with Crippen molar-refractivity contribution in [2.75, 3.05) is 34.0 Å². The van der Waals surface area contributed by atoms with Crippen LogP contribution in [0.3, 0.4) is 0 Å². The molecule has 0 radical (unpaired) electrons. The van der Waals surface area contributed by atoms with E-state index in [-0.39, 0.29) is 24.2 Å². The van der Waals surface area contributed by atoms with E-state index in [4.69, 9.17) is 9.47 Å². The summed E-state index contributed by atoms with van der Waals surface area (Å²) in [4.78, 5) is 27.3. The summed E-state index contributed by atoms with van der Waals surface area (Å²) in [6, 6.07) is 1.80. The molecule has 0 atom stereocenters. The Bertz CT molecular complexity index is 790. The molecule has 154 valence electrons. The maximum Gasteiger partial charge on any atom is 0.334 e. The maximum atomic E-state index is 12.5. The molecule has 1 aliphatic rings. The number of ether oxygens (including phenoxy) is 2. The molecule has 2 heterocycles. The highest BCUT2D eigenvalue weighted by Gasteiger charge is 2.53. The SMILES string of the molecule is COCCN1C(C)=C(C(=O)O)C(CCOC)(c2sccc2Br)C(C(=O)O)=C1C. The van der Waals surface area contributed by atoms with E-state index in [0.717, 1.165) is 0 Å². The average Bonchev–Trinajstić information content (AvgIpc) is 3.05. The van der Waals surface area contributed by atoms with Gasteiger partial charge in [0.15, 0.2) is 0 Å². The van der Waals surface area contributed by atoms with Gasteiger partial charge in [0.2, 0.25) is 0 Å². The van der Waals surface area contributed by atoms with E-state index in [1.54, 1.807) is 31.9 Å². The minimum Gasteiger partial charge on any atom is -0.478 e. The molecule has 1 aromatic rings. The molecule has 28 heavy (non-hydrogen) atoms. The van der Waals surface area contributed by atoms with Crippen LogP contribution in [0.25, 0.3) is 0 Å². The van der Waals surface area contributed by atoms with Gasteiger partial charge in [0.1, 0.15) is 0 Å². The number of nitrogens with zero attached hydrogens (tertiary/aromatic N) is 1. The van der Waals surface area contributed by atoms with Crippen molar-refractivity contribution < 1.29 is 29.3 Å². The number of carboxylic acids is 2. The van der Waals surface area contributed by atoms with Gasteiger partial charge in [-0.3, -0.25) is 0 Å². The second-order valence-electron chi connectivity index (χ2n) is 6.42. The lowest BCUT2D eigenvalue weighted by atomic mass is 9.66. The maximum absolute atomic E-state index is 12.5. The van der Waals surface area contributed by atoms with Crippen molar-refractivity contribution in [3.05, 3.63) is 43.3 Å². The number of hydrogen-bond donors (Lipinski definition) is 2. The number of allylic oxidation sites excluding steroid dienone is 2. The number of carbonyl (C=O) groups is 2. The third-order valence-corrected chi connectivity index (χ3v) is 7.02. The Kier molecular flexibility index (Phi) is 7.44. The standard InChI is InChI=1S/C19H24BrNO6S/c1-11-14(17(22)23)19(6-8-26-3,16-13(20)5-10-28-16)15(18(24)25)12(2)21(11)7-9-27-4/h5,10H,6-9H2,1-4H3,(H,22,23)(H,24,25). The quantitative estimate of drug-likeness (QED) is 0.566. The molecule has 0 unspecified atom stereocenters. The van der Waals surface area contributed by atoms with Gasteiger partial charge < -0.3 is 24.6 Å². The minimum absolute atomic E-state index is 0.0480. The number of hydrogen-bond acceptors (Lipinski definition) is 6. The zero-order valence-electron chi connectivity index (χ0n) is 16.2. The number of thiophene rings is 1. The highest BCUT2D eigenvalue weighted by molar-refractivity contribution is 9.10. The van der Waals surface area contributed by atoms with Gasteiger partial charge in [-0.05, 0) is 47.6 Å². The molecule has 1 aliphatic heterocycles. The lowest BCUT2D eigenvalue weighted by Crippen LogP contribution is -2.46. The third-order valence-electron chi connectivity index (χ3n) is 5.02. The molecular weight excluding hydrogens is 450 g/mol. The minimum atomic E-state index is -1.33. The predicted molar refractivity (Wildman–Crippen MR) is 109 cm³/mol. The van der Waals surface area contributed by atoms with Gasteiger partial charge in [0.05, 0.1) is 23.2 Å². The molecule has 0 saturated heterocycles. The summed E-state index contributed by atoms with van der Waals surface area (Å²) in [5.41, 5.74) is -0.233. The molecule has 0 amide bonds. The smallest absolute Gasteiger partial charge is 0.334 e. The molecule has 0 bridgehead atoms. The lowest BCUT2D eigenvalue weighted by molar-refractivity contribution is -0.134. The van der Waals surface area contributed by atoms with Crippen molar-refractivity contribution in [2.45, 2.75) is 25.7 Å². The van der Waals surface area contributed by atoms with Crippen LogP contribution in [0.2, 0.25) is 0 Å². The monoisotopic (exact) mass is 473 g/mol. The van der Waals surface area contributed by atoms with Crippen molar-refractivity contribution in [1.82, 2.24) is 4.90 Å². The van der Waals surface area contributed by atoms with E-state index in [1.165, 1.54) is 18.4 Å². The average molecular weight is 474 g/mol. The van der Waals surface area contributed by atoms with E-state index in [2.05, 4.69) is 15.9 Å². The number of methoxy groups -OCH3 is 2. The molecule has 0 aliphatic carbocycles. The van der Waals surface area contributed by atoms with Gasteiger partial charge in [-0.15, -0.1) is 11.3 Å². The van der Waals surface area contributed by atoms with E-state index in [1.807, 2.05) is 5.38 Å². The molecule has 2 rings (SSSR count). The van der Waals surface area contributed by atoms with Gasteiger partial charge in [-0.1, -0.05) is 0 Å². The zero-order chi connectivity index (χ0) is 21.1. The molecule has 0 aromatic carbocycles. The van der Waals surface area contributed by atoms with Gasteiger partial charge >= 0.3 is 11.9 Å². The third kappa shape index (κ3) is 3.76. The van der Waals surface area contributed by atoms with E-state index in [9.17, 15) is 19.8 Å². The predicted octanol–water partition coefficient (Wildman–Crippen LogP) is 3.46. The summed E-state index contributed by atoms with van der Waals surface area (Å²) < 4.78 is 11.1. The van der Waals surface area contributed by atoms with Gasteiger partial charge in [-0.2, -0.15) is 0 Å². The topological polar surface area (TPSA) is 96.3 Å². The second-order valence-corrected chi connectivity index (χ2v) is 8.19. The van der Waals surface area contributed by atoms with Gasteiger partial charge in [-0.25, -0.2) is 9.59 Å². The van der Waals surface area contributed by atoms with Gasteiger partial charge in [0, 0.05) is 48.1 Å². The molecule has 0 fully saturated rings. The van der Waals surface area contributed by atoms with Crippen LogP contribution in [0.5, 0.6) is 0 Å². The van der Waals surface area contributed by atoms with E-state index in [0.29, 0.717) is 33.9 Å². The highest BCUT2D eigenvalue weighted by atomic mass is 79.9. The number of halogens is 1. The largest absolute Gasteiger partial charge is 0.478 e.